The fourth-order valence-corrected chi connectivity index (χ4v) is 3.42. The smallest absolute Gasteiger partial charge is 0.257 e. The number of thiophene rings is 1. The van der Waals surface area contributed by atoms with Gasteiger partial charge < -0.3 is 5.32 Å². The third kappa shape index (κ3) is 2.49. The standard InChI is InChI=1S/C16H9ClN2OS/c17-14-12-7-3-4-8-13(12)21-16(14)19-15(20)11-6-2-1-5-10(11)9-18/h1-8H,(H,19,20). The maximum Gasteiger partial charge on any atom is 0.257 e. The maximum atomic E-state index is 12.3. The summed E-state index contributed by atoms with van der Waals surface area (Å²) in [7, 11) is 0. The lowest BCUT2D eigenvalue weighted by molar-refractivity contribution is 0.102. The topological polar surface area (TPSA) is 52.9 Å². The Balaban J connectivity index is 1.97. The lowest BCUT2D eigenvalue weighted by Crippen LogP contribution is -2.12. The van der Waals surface area contributed by atoms with Crippen LogP contribution in [0.4, 0.5) is 5.00 Å². The highest BCUT2D eigenvalue weighted by molar-refractivity contribution is 7.23. The molecule has 0 bridgehead atoms. The predicted octanol–water partition coefficient (Wildman–Crippen LogP) is 4.68. The molecule has 1 N–H and O–H groups in total. The molecule has 0 aliphatic heterocycles. The summed E-state index contributed by atoms with van der Waals surface area (Å²) in [5, 5.41) is 13.9. The van der Waals surface area contributed by atoms with Crippen molar-refractivity contribution in [1.29, 1.82) is 5.26 Å². The number of benzene rings is 2. The molecular weight excluding hydrogens is 304 g/mol. The van der Waals surface area contributed by atoms with Crippen LogP contribution in [0.15, 0.2) is 48.5 Å². The molecule has 3 rings (SSSR count). The number of carbonyl (C=O) groups is 1. The van der Waals surface area contributed by atoms with Crippen LogP contribution in [0.25, 0.3) is 10.1 Å². The van der Waals surface area contributed by atoms with Crippen LogP contribution in [0.2, 0.25) is 5.02 Å². The highest BCUT2D eigenvalue weighted by Gasteiger charge is 2.15. The van der Waals surface area contributed by atoms with E-state index in [1.54, 1.807) is 24.3 Å². The summed E-state index contributed by atoms with van der Waals surface area (Å²) >= 11 is 7.71. The second kappa shape index (κ2) is 5.57. The van der Waals surface area contributed by atoms with E-state index in [9.17, 15) is 4.79 Å². The molecule has 21 heavy (non-hydrogen) atoms. The second-order valence-corrected chi connectivity index (χ2v) is 5.78. The molecule has 5 heteroatoms. The first-order chi connectivity index (χ1) is 10.2. The van der Waals surface area contributed by atoms with Crippen molar-refractivity contribution in [3.05, 3.63) is 64.7 Å². The molecular formula is C16H9ClN2OS. The number of nitrogens with one attached hydrogen (secondary N) is 1. The number of amides is 1. The molecule has 1 amide bonds. The Hall–Kier alpha value is -2.35. The molecule has 0 aliphatic rings. The third-order valence-electron chi connectivity index (χ3n) is 3.05. The van der Waals surface area contributed by atoms with Crippen molar-refractivity contribution < 1.29 is 4.79 Å². The SMILES string of the molecule is N#Cc1ccccc1C(=O)Nc1sc2ccccc2c1Cl. The highest BCUT2D eigenvalue weighted by atomic mass is 35.5. The number of anilines is 1. The van der Waals surface area contributed by atoms with Gasteiger partial charge in [0.05, 0.1) is 22.2 Å². The molecule has 0 saturated carbocycles. The predicted molar refractivity (Wildman–Crippen MR) is 85.9 cm³/mol. The Morgan fingerprint density at radius 2 is 1.86 bits per heavy atom. The minimum absolute atomic E-state index is 0.333. The van der Waals surface area contributed by atoms with Crippen molar-refractivity contribution in [2.75, 3.05) is 5.32 Å². The van der Waals surface area contributed by atoms with Gasteiger partial charge in [0, 0.05) is 10.1 Å². The minimum atomic E-state index is -0.333. The molecule has 0 saturated heterocycles. The van der Waals surface area contributed by atoms with Gasteiger partial charge in [-0.15, -0.1) is 11.3 Å². The van der Waals surface area contributed by atoms with Gasteiger partial charge in [0.25, 0.3) is 5.91 Å². The first-order valence-electron chi connectivity index (χ1n) is 6.18. The molecule has 0 aliphatic carbocycles. The van der Waals surface area contributed by atoms with E-state index in [0.717, 1.165) is 10.1 Å². The van der Waals surface area contributed by atoms with E-state index in [4.69, 9.17) is 16.9 Å². The molecule has 102 valence electrons. The van der Waals surface area contributed by atoms with Crippen LogP contribution in [0.3, 0.4) is 0 Å². The fourth-order valence-electron chi connectivity index (χ4n) is 2.04. The van der Waals surface area contributed by atoms with Gasteiger partial charge in [-0.2, -0.15) is 5.26 Å². The van der Waals surface area contributed by atoms with Crippen molar-refractivity contribution in [1.82, 2.24) is 0 Å². The summed E-state index contributed by atoms with van der Waals surface area (Å²) in [6.07, 6.45) is 0. The first kappa shape index (κ1) is 13.6. The average molecular weight is 313 g/mol. The first-order valence-corrected chi connectivity index (χ1v) is 7.37. The summed E-state index contributed by atoms with van der Waals surface area (Å²) in [5.41, 5.74) is 0.681. The Bertz CT molecular complexity index is 879. The quantitative estimate of drug-likeness (QED) is 0.747. The molecule has 3 nitrogen and oxygen atoms in total. The Morgan fingerprint density at radius 1 is 1.14 bits per heavy atom. The van der Waals surface area contributed by atoms with E-state index in [1.807, 2.05) is 30.3 Å². The van der Waals surface area contributed by atoms with Gasteiger partial charge in [0.15, 0.2) is 0 Å². The molecule has 0 unspecified atom stereocenters. The second-order valence-electron chi connectivity index (χ2n) is 4.35. The van der Waals surface area contributed by atoms with Gasteiger partial charge in [-0.05, 0) is 18.2 Å². The Kier molecular flexibility index (Phi) is 3.61. The van der Waals surface area contributed by atoms with Crippen molar-refractivity contribution in [2.45, 2.75) is 0 Å². The Morgan fingerprint density at radius 3 is 2.62 bits per heavy atom. The molecule has 1 aromatic heterocycles. The molecule has 3 aromatic rings. The van der Waals surface area contributed by atoms with E-state index in [0.29, 0.717) is 21.2 Å². The monoisotopic (exact) mass is 312 g/mol. The molecule has 0 radical (unpaired) electrons. The van der Waals surface area contributed by atoms with E-state index in [-0.39, 0.29) is 5.91 Å². The van der Waals surface area contributed by atoms with Crippen LogP contribution >= 0.6 is 22.9 Å². The normalized spacial score (nSPS) is 10.3. The number of rotatable bonds is 2. The Labute approximate surface area is 130 Å². The fraction of sp³-hybridized carbons (Fsp3) is 0. The minimum Gasteiger partial charge on any atom is -0.312 e. The molecule has 0 spiro atoms. The number of hydrogen-bond donors (Lipinski definition) is 1. The van der Waals surface area contributed by atoms with Crippen LogP contribution < -0.4 is 5.32 Å². The van der Waals surface area contributed by atoms with Crippen LogP contribution in [0.1, 0.15) is 15.9 Å². The summed E-state index contributed by atoms with van der Waals surface area (Å²) in [5.74, 6) is -0.333. The number of nitriles is 1. The zero-order chi connectivity index (χ0) is 14.8. The van der Waals surface area contributed by atoms with E-state index in [2.05, 4.69) is 5.32 Å². The lowest BCUT2D eigenvalue weighted by Gasteiger charge is -2.04. The summed E-state index contributed by atoms with van der Waals surface area (Å²) in [6, 6.07) is 16.4. The zero-order valence-corrected chi connectivity index (χ0v) is 12.3. The van der Waals surface area contributed by atoms with Gasteiger partial charge in [0.2, 0.25) is 0 Å². The maximum absolute atomic E-state index is 12.3. The lowest BCUT2D eigenvalue weighted by atomic mass is 10.1. The van der Waals surface area contributed by atoms with Gasteiger partial charge >= 0.3 is 0 Å². The number of hydrogen-bond acceptors (Lipinski definition) is 3. The van der Waals surface area contributed by atoms with Crippen LogP contribution in [0, 0.1) is 11.3 Å². The zero-order valence-electron chi connectivity index (χ0n) is 10.8. The number of nitrogens with zero attached hydrogens (tertiary/aromatic N) is 1. The van der Waals surface area contributed by atoms with Gasteiger partial charge in [0.1, 0.15) is 5.00 Å². The number of fused-ring (bicyclic) bond motifs is 1. The largest absolute Gasteiger partial charge is 0.312 e. The van der Waals surface area contributed by atoms with Crippen LogP contribution in [-0.4, -0.2) is 5.91 Å². The van der Waals surface area contributed by atoms with Crippen LogP contribution in [0.5, 0.6) is 0 Å². The molecule has 0 atom stereocenters. The number of carbonyl (C=O) groups excluding carboxylic acids is 1. The molecule has 0 fully saturated rings. The molecule has 1 heterocycles. The average Bonchev–Trinajstić information content (AvgIpc) is 2.84. The highest BCUT2D eigenvalue weighted by Crippen LogP contribution is 2.39. The number of halogens is 1. The van der Waals surface area contributed by atoms with E-state index in [1.165, 1.54) is 11.3 Å². The van der Waals surface area contributed by atoms with Crippen LogP contribution in [-0.2, 0) is 0 Å². The van der Waals surface area contributed by atoms with Crippen molar-refractivity contribution in [2.24, 2.45) is 0 Å². The van der Waals surface area contributed by atoms with Gasteiger partial charge in [-0.3, -0.25) is 4.79 Å². The van der Waals surface area contributed by atoms with Crippen molar-refractivity contribution in [3.8, 4) is 6.07 Å². The van der Waals surface area contributed by atoms with Gasteiger partial charge in [-0.25, -0.2) is 0 Å². The third-order valence-corrected chi connectivity index (χ3v) is 4.64. The summed E-state index contributed by atoms with van der Waals surface area (Å²) in [6.45, 7) is 0. The van der Waals surface area contributed by atoms with Crippen molar-refractivity contribution >= 4 is 43.9 Å². The van der Waals surface area contributed by atoms with E-state index < -0.39 is 0 Å². The molecule has 2 aromatic carbocycles. The van der Waals surface area contributed by atoms with Gasteiger partial charge in [-0.1, -0.05) is 41.9 Å². The van der Waals surface area contributed by atoms with Crippen molar-refractivity contribution in [3.63, 3.8) is 0 Å². The summed E-state index contributed by atoms with van der Waals surface area (Å²) < 4.78 is 1.01. The van der Waals surface area contributed by atoms with E-state index >= 15 is 0 Å². The summed E-state index contributed by atoms with van der Waals surface area (Å²) in [4.78, 5) is 12.3.